The van der Waals surface area contributed by atoms with Crippen LogP contribution in [0.4, 0.5) is 0 Å². The number of hydrogen-bond acceptors (Lipinski definition) is 2. The highest BCUT2D eigenvalue weighted by Crippen LogP contribution is 2.46. The van der Waals surface area contributed by atoms with E-state index in [1.54, 1.807) is 6.07 Å². The third kappa shape index (κ3) is 2.78. The van der Waals surface area contributed by atoms with Gasteiger partial charge in [0.2, 0.25) is 0 Å². The standard InChI is InChI=1S/C21H18Cl2O2/c1-11-2-3-12(13-6-7-17(22)18(23)10-13)9-16(11)19-20(24)14-4-5-15(8-14)21(19)25/h2-3,6-7,9-10,14-15,24H,4-5,8H2,1H3. The number of aliphatic hydroxyl groups is 1. The van der Waals surface area contributed by atoms with E-state index in [-0.39, 0.29) is 23.4 Å². The summed E-state index contributed by atoms with van der Waals surface area (Å²) in [6, 6.07) is 11.4. The fourth-order valence-electron chi connectivity index (χ4n) is 4.02. The molecule has 0 aromatic heterocycles. The topological polar surface area (TPSA) is 37.3 Å². The van der Waals surface area contributed by atoms with Crippen LogP contribution in [-0.4, -0.2) is 10.9 Å². The molecule has 4 rings (SSSR count). The van der Waals surface area contributed by atoms with Gasteiger partial charge in [0.25, 0.3) is 0 Å². The maximum absolute atomic E-state index is 12.8. The van der Waals surface area contributed by atoms with Gasteiger partial charge in [-0.05, 0) is 66.6 Å². The van der Waals surface area contributed by atoms with Crippen molar-refractivity contribution in [3.63, 3.8) is 0 Å². The van der Waals surface area contributed by atoms with Crippen LogP contribution in [0.25, 0.3) is 16.7 Å². The Kier molecular flexibility index (Phi) is 4.13. The number of aryl methyl sites for hydroxylation is 1. The van der Waals surface area contributed by atoms with E-state index >= 15 is 0 Å². The van der Waals surface area contributed by atoms with E-state index in [2.05, 4.69) is 0 Å². The van der Waals surface area contributed by atoms with Crippen molar-refractivity contribution in [3.8, 4) is 11.1 Å². The number of aliphatic hydroxyl groups excluding tert-OH is 1. The summed E-state index contributed by atoms with van der Waals surface area (Å²) in [7, 11) is 0. The summed E-state index contributed by atoms with van der Waals surface area (Å²) in [5.74, 6) is 0.545. The highest BCUT2D eigenvalue weighted by atomic mass is 35.5. The Balaban J connectivity index is 1.84. The predicted octanol–water partition coefficient (Wildman–Crippen LogP) is 6.24. The minimum atomic E-state index is 0.0592. The zero-order valence-electron chi connectivity index (χ0n) is 13.9. The number of carbonyl (C=O) groups is 1. The van der Waals surface area contributed by atoms with Gasteiger partial charge >= 0.3 is 0 Å². The molecule has 2 atom stereocenters. The summed E-state index contributed by atoms with van der Waals surface area (Å²) in [6.07, 6.45) is 2.57. The molecule has 4 heteroatoms. The lowest BCUT2D eigenvalue weighted by molar-refractivity contribution is -0.117. The first kappa shape index (κ1) is 16.7. The van der Waals surface area contributed by atoms with Crippen LogP contribution in [0.3, 0.4) is 0 Å². The molecular formula is C21H18Cl2O2. The first-order chi connectivity index (χ1) is 12.0. The predicted molar refractivity (Wildman–Crippen MR) is 102 cm³/mol. The van der Waals surface area contributed by atoms with Crippen LogP contribution < -0.4 is 0 Å². The Hall–Kier alpha value is -1.77. The van der Waals surface area contributed by atoms with Crippen LogP contribution in [0.5, 0.6) is 0 Å². The summed E-state index contributed by atoms with van der Waals surface area (Å²) < 4.78 is 0. The summed E-state index contributed by atoms with van der Waals surface area (Å²) >= 11 is 12.1. The van der Waals surface area contributed by atoms with Crippen molar-refractivity contribution in [2.45, 2.75) is 26.2 Å². The Morgan fingerprint density at radius 1 is 0.960 bits per heavy atom. The number of allylic oxidation sites excluding steroid dienone is 2. The average molecular weight is 373 g/mol. The minimum absolute atomic E-state index is 0.0592. The van der Waals surface area contributed by atoms with Crippen LogP contribution in [0, 0.1) is 18.8 Å². The molecule has 128 valence electrons. The van der Waals surface area contributed by atoms with Crippen LogP contribution in [0.1, 0.15) is 30.4 Å². The van der Waals surface area contributed by atoms with Crippen molar-refractivity contribution in [3.05, 3.63) is 63.3 Å². The molecular weight excluding hydrogens is 355 g/mol. The van der Waals surface area contributed by atoms with E-state index in [4.69, 9.17) is 23.2 Å². The first-order valence-electron chi connectivity index (χ1n) is 8.49. The lowest BCUT2D eigenvalue weighted by Gasteiger charge is -2.23. The van der Waals surface area contributed by atoms with Crippen molar-refractivity contribution in [2.75, 3.05) is 0 Å². The van der Waals surface area contributed by atoms with E-state index in [0.29, 0.717) is 15.6 Å². The third-order valence-electron chi connectivity index (χ3n) is 5.45. The summed E-state index contributed by atoms with van der Waals surface area (Å²) in [5, 5.41) is 11.7. The molecule has 2 aromatic carbocycles. The van der Waals surface area contributed by atoms with E-state index in [1.807, 2.05) is 37.3 Å². The molecule has 1 fully saturated rings. The number of fused-ring (bicyclic) bond motifs is 2. The molecule has 0 radical (unpaired) electrons. The Bertz CT molecular complexity index is 914. The third-order valence-corrected chi connectivity index (χ3v) is 6.19. The van der Waals surface area contributed by atoms with Gasteiger partial charge in [-0.1, -0.05) is 41.4 Å². The Morgan fingerprint density at radius 2 is 1.64 bits per heavy atom. The van der Waals surface area contributed by atoms with E-state index in [1.165, 1.54) is 0 Å². The highest BCUT2D eigenvalue weighted by Gasteiger charge is 2.41. The van der Waals surface area contributed by atoms with Gasteiger partial charge in [-0.3, -0.25) is 4.79 Å². The molecule has 2 unspecified atom stereocenters. The van der Waals surface area contributed by atoms with Gasteiger partial charge in [-0.2, -0.15) is 0 Å². The molecule has 1 saturated carbocycles. The molecule has 0 aliphatic heterocycles. The fraction of sp³-hybridized carbons (Fsp3) is 0.286. The lowest BCUT2D eigenvalue weighted by Crippen LogP contribution is -2.21. The van der Waals surface area contributed by atoms with Gasteiger partial charge in [-0.15, -0.1) is 0 Å². The number of rotatable bonds is 2. The smallest absolute Gasteiger partial charge is 0.169 e. The van der Waals surface area contributed by atoms with Gasteiger partial charge < -0.3 is 5.11 Å². The maximum Gasteiger partial charge on any atom is 0.169 e. The molecule has 2 nitrogen and oxygen atoms in total. The number of Topliss-reactive ketones (excluding diaryl/α,β-unsaturated/α-hetero) is 1. The van der Waals surface area contributed by atoms with Crippen LogP contribution >= 0.6 is 23.2 Å². The molecule has 2 aliphatic rings. The zero-order chi connectivity index (χ0) is 17.7. The first-order valence-corrected chi connectivity index (χ1v) is 9.25. The Labute approximate surface area is 157 Å². The quantitative estimate of drug-likeness (QED) is 0.677. The van der Waals surface area contributed by atoms with Gasteiger partial charge in [0.15, 0.2) is 5.78 Å². The number of ketones is 1. The summed E-state index contributed by atoms with van der Waals surface area (Å²) in [4.78, 5) is 12.8. The maximum atomic E-state index is 12.8. The molecule has 2 aromatic rings. The van der Waals surface area contributed by atoms with Crippen molar-refractivity contribution in [2.24, 2.45) is 11.8 Å². The normalized spacial score (nSPS) is 22.6. The molecule has 0 saturated heterocycles. The molecule has 1 N–H and O–H groups in total. The van der Waals surface area contributed by atoms with Gasteiger partial charge in [0, 0.05) is 11.8 Å². The molecule has 25 heavy (non-hydrogen) atoms. The molecule has 0 spiro atoms. The molecule has 0 heterocycles. The zero-order valence-corrected chi connectivity index (χ0v) is 15.4. The van der Waals surface area contributed by atoms with Gasteiger partial charge in [-0.25, -0.2) is 0 Å². The lowest BCUT2D eigenvalue weighted by atomic mass is 9.81. The fourth-order valence-corrected chi connectivity index (χ4v) is 4.32. The van der Waals surface area contributed by atoms with Crippen molar-refractivity contribution >= 4 is 34.6 Å². The second-order valence-corrected chi connectivity index (χ2v) is 7.80. The van der Waals surface area contributed by atoms with Crippen LogP contribution in [0.15, 0.2) is 42.2 Å². The second kappa shape index (κ2) is 6.19. The van der Waals surface area contributed by atoms with Gasteiger partial charge in [0.05, 0.1) is 15.6 Å². The van der Waals surface area contributed by atoms with E-state index in [0.717, 1.165) is 41.5 Å². The number of benzene rings is 2. The van der Waals surface area contributed by atoms with Crippen LogP contribution in [0.2, 0.25) is 10.0 Å². The van der Waals surface area contributed by atoms with Crippen molar-refractivity contribution < 1.29 is 9.90 Å². The molecule has 0 amide bonds. The number of halogens is 2. The van der Waals surface area contributed by atoms with Crippen molar-refractivity contribution in [1.82, 2.24) is 0 Å². The summed E-state index contributed by atoms with van der Waals surface area (Å²) in [6.45, 7) is 1.97. The summed E-state index contributed by atoms with van der Waals surface area (Å²) in [5.41, 5.74) is 4.20. The SMILES string of the molecule is Cc1ccc(-c2ccc(Cl)c(Cl)c2)cc1C1=C(O)C2CCC(C2)C1=O. The highest BCUT2D eigenvalue weighted by molar-refractivity contribution is 6.42. The minimum Gasteiger partial charge on any atom is -0.511 e. The average Bonchev–Trinajstić information content (AvgIpc) is 3.05. The van der Waals surface area contributed by atoms with E-state index in [9.17, 15) is 9.90 Å². The monoisotopic (exact) mass is 372 g/mol. The van der Waals surface area contributed by atoms with Crippen molar-refractivity contribution in [1.29, 1.82) is 0 Å². The molecule has 2 aliphatic carbocycles. The van der Waals surface area contributed by atoms with E-state index < -0.39 is 0 Å². The largest absolute Gasteiger partial charge is 0.511 e. The molecule has 2 bridgehead atoms. The number of hydrogen-bond donors (Lipinski definition) is 1. The van der Waals surface area contributed by atoms with Crippen LogP contribution in [-0.2, 0) is 4.79 Å². The number of carbonyl (C=O) groups excluding carboxylic acids is 1. The Morgan fingerprint density at radius 3 is 2.40 bits per heavy atom. The van der Waals surface area contributed by atoms with Gasteiger partial charge in [0.1, 0.15) is 5.76 Å². The second-order valence-electron chi connectivity index (χ2n) is 6.99.